The van der Waals surface area contributed by atoms with Gasteiger partial charge in [-0.15, -0.1) is 0 Å². The molecule has 124 valence electrons. The average Bonchev–Trinajstić information content (AvgIpc) is 3.44. The maximum absolute atomic E-state index is 12.3. The number of rotatable bonds is 4. The van der Waals surface area contributed by atoms with Crippen LogP contribution < -0.4 is 20.9 Å². The summed E-state index contributed by atoms with van der Waals surface area (Å²) in [6.45, 7) is 1.77. The molecule has 2 aromatic rings. The summed E-state index contributed by atoms with van der Waals surface area (Å²) in [5.41, 5.74) is 1.77. The SMILES string of the molecule is O=C(NCc1ccc2c(c1)OCCN2)c1cc(=O)[nH]c(C2CC2)n1. The van der Waals surface area contributed by atoms with Gasteiger partial charge in [0.15, 0.2) is 0 Å². The number of hydrogen-bond donors (Lipinski definition) is 3. The van der Waals surface area contributed by atoms with Crippen LogP contribution in [0.1, 0.15) is 40.6 Å². The molecular formula is C17H18N4O3. The highest BCUT2D eigenvalue weighted by Gasteiger charge is 2.27. The molecule has 4 rings (SSSR count). The third-order valence-electron chi connectivity index (χ3n) is 4.13. The van der Waals surface area contributed by atoms with Gasteiger partial charge in [0.25, 0.3) is 11.5 Å². The lowest BCUT2D eigenvalue weighted by atomic mass is 10.1. The lowest BCUT2D eigenvalue weighted by molar-refractivity contribution is 0.0945. The topological polar surface area (TPSA) is 96.1 Å². The van der Waals surface area contributed by atoms with Gasteiger partial charge >= 0.3 is 0 Å². The van der Waals surface area contributed by atoms with Crippen LogP contribution in [0.4, 0.5) is 5.69 Å². The summed E-state index contributed by atoms with van der Waals surface area (Å²) in [4.78, 5) is 30.9. The number of nitrogens with zero attached hydrogens (tertiary/aromatic N) is 1. The Labute approximate surface area is 138 Å². The number of anilines is 1. The lowest BCUT2D eigenvalue weighted by Crippen LogP contribution is -2.26. The molecule has 7 nitrogen and oxygen atoms in total. The largest absolute Gasteiger partial charge is 0.490 e. The Morgan fingerprint density at radius 3 is 3.04 bits per heavy atom. The average molecular weight is 326 g/mol. The van der Waals surface area contributed by atoms with Crippen molar-refractivity contribution in [2.75, 3.05) is 18.5 Å². The van der Waals surface area contributed by atoms with Gasteiger partial charge in [-0.2, -0.15) is 0 Å². The highest BCUT2D eigenvalue weighted by Crippen LogP contribution is 2.37. The molecule has 1 aromatic heterocycles. The third-order valence-corrected chi connectivity index (χ3v) is 4.13. The Morgan fingerprint density at radius 1 is 1.33 bits per heavy atom. The van der Waals surface area contributed by atoms with Gasteiger partial charge in [0.2, 0.25) is 0 Å². The van der Waals surface area contributed by atoms with E-state index in [0.717, 1.165) is 36.4 Å². The fraction of sp³-hybridized carbons (Fsp3) is 0.353. The number of aromatic amines is 1. The Balaban J connectivity index is 1.46. The molecule has 0 unspecified atom stereocenters. The summed E-state index contributed by atoms with van der Waals surface area (Å²) >= 11 is 0. The molecule has 1 aliphatic heterocycles. The molecule has 1 amide bonds. The van der Waals surface area contributed by atoms with Gasteiger partial charge < -0.3 is 20.4 Å². The van der Waals surface area contributed by atoms with E-state index in [1.807, 2.05) is 18.2 Å². The molecule has 0 atom stereocenters. The van der Waals surface area contributed by atoms with E-state index in [1.54, 1.807) is 0 Å². The van der Waals surface area contributed by atoms with Crippen molar-refractivity contribution in [2.45, 2.75) is 25.3 Å². The van der Waals surface area contributed by atoms with Gasteiger partial charge in [0.05, 0.1) is 5.69 Å². The van der Waals surface area contributed by atoms with E-state index < -0.39 is 0 Å². The van der Waals surface area contributed by atoms with Crippen LogP contribution in [0.3, 0.4) is 0 Å². The van der Waals surface area contributed by atoms with Gasteiger partial charge in [-0.05, 0) is 30.5 Å². The van der Waals surface area contributed by atoms with Crippen LogP contribution in [0, 0.1) is 0 Å². The minimum absolute atomic E-state index is 0.163. The Hall–Kier alpha value is -2.83. The number of carbonyl (C=O) groups excluding carboxylic acids is 1. The number of fused-ring (bicyclic) bond motifs is 1. The number of H-pyrrole nitrogens is 1. The van der Waals surface area contributed by atoms with Crippen molar-refractivity contribution >= 4 is 11.6 Å². The van der Waals surface area contributed by atoms with E-state index in [0.29, 0.717) is 19.0 Å². The number of nitrogens with one attached hydrogen (secondary N) is 3. The number of hydrogen-bond acceptors (Lipinski definition) is 5. The maximum atomic E-state index is 12.3. The molecule has 2 heterocycles. The summed E-state index contributed by atoms with van der Waals surface area (Å²) in [7, 11) is 0. The van der Waals surface area contributed by atoms with Crippen molar-refractivity contribution in [3.05, 3.63) is 51.7 Å². The summed E-state index contributed by atoms with van der Waals surface area (Å²) in [6, 6.07) is 7.01. The van der Waals surface area contributed by atoms with Crippen molar-refractivity contribution in [2.24, 2.45) is 0 Å². The second kappa shape index (κ2) is 5.99. The smallest absolute Gasteiger partial charge is 0.270 e. The molecule has 1 aliphatic carbocycles. The normalized spacial score (nSPS) is 15.8. The van der Waals surface area contributed by atoms with E-state index in [4.69, 9.17) is 4.74 Å². The first-order valence-electron chi connectivity index (χ1n) is 8.08. The zero-order valence-corrected chi connectivity index (χ0v) is 13.1. The Kier molecular flexibility index (Phi) is 3.68. The molecule has 1 fully saturated rings. The highest BCUT2D eigenvalue weighted by molar-refractivity contribution is 5.92. The number of ether oxygens (including phenoxy) is 1. The zero-order valence-electron chi connectivity index (χ0n) is 13.1. The molecule has 0 saturated heterocycles. The highest BCUT2D eigenvalue weighted by atomic mass is 16.5. The van der Waals surface area contributed by atoms with Crippen molar-refractivity contribution < 1.29 is 9.53 Å². The van der Waals surface area contributed by atoms with Crippen LogP contribution in [0.15, 0.2) is 29.1 Å². The fourth-order valence-electron chi connectivity index (χ4n) is 2.70. The first-order chi connectivity index (χ1) is 11.7. The summed E-state index contributed by atoms with van der Waals surface area (Å²) < 4.78 is 5.59. The number of amides is 1. The van der Waals surface area contributed by atoms with Crippen LogP contribution in [0.2, 0.25) is 0 Å². The minimum atomic E-state index is -0.347. The van der Waals surface area contributed by atoms with Crippen LogP contribution in [-0.4, -0.2) is 29.0 Å². The van der Waals surface area contributed by atoms with E-state index in [2.05, 4.69) is 20.6 Å². The molecule has 2 aliphatic rings. The number of benzene rings is 1. The molecule has 1 saturated carbocycles. The van der Waals surface area contributed by atoms with E-state index in [1.165, 1.54) is 6.07 Å². The summed E-state index contributed by atoms with van der Waals surface area (Å²) in [6.07, 6.45) is 2.02. The molecule has 1 aromatic carbocycles. The number of carbonyl (C=O) groups is 1. The minimum Gasteiger partial charge on any atom is -0.490 e. The zero-order chi connectivity index (χ0) is 16.5. The first kappa shape index (κ1) is 14.7. The van der Waals surface area contributed by atoms with Crippen LogP contribution >= 0.6 is 0 Å². The van der Waals surface area contributed by atoms with Crippen LogP contribution in [0.5, 0.6) is 5.75 Å². The molecular weight excluding hydrogens is 308 g/mol. The fourth-order valence-corrected chi connectivity index (χ4v) is 2.70. The molecule has 7 heteroatoms. The van der Waals surface area contributed by atoms with E-state index >= 15 is 0 Å². The number of aromatic nitrogens is 2. The Morgan fingerprint density at radius 2 is 2.21 bits per heavy atom. The van der Waals surface area contributed by atoms with Crippen molar-refractivity contribution in [3.8, 4) is 5.75 Å². The molecule has 0 bridgehead atoms. The standard InChI is InChI=1S/C17H18N4O3/c22-15-8-13(20-16(21-15)11-2-3-11)17(23)19-9-10-1-4-12-14(7-10)24-6-5-18-12/h1,4,7-8,11,18H,2-3,5-6,9H2,(H,19,23)(H,20,21,22). The Bertz CT molecular complexity index is 842. The predicted octanol–water partition coefficient (Wildman–Crippen LogP) is 1.38. The van der Waals surface area contributed by atoms with Crippen molar-refractivity contribution in [1.82, 2.24) is 15.3 Å². The second-order valence-electron chi connectivity index (χ2n) is 6.08. The molecule has 24 heavy (non-hydrogen) atoms. The van der Waals surface area contributed by atoms with E-state index in [-0.39, 0.29) is 23.1 Å². The molecule has 3 N–H and O–H groups in total. The lowest BCUT2D eigenvalue weighted by Gasteiger charge is -2.19. The third kappa shape index (κ3) is 3.10. The molecule has 0 spiro atoms. The summed E-state index contributed by atoms with van der Waals surface area (Å²) in [5, 5.41) is 6.05. The maximum Gasteiger partial charge on any atom is 0.270 e. The van der Waals surface area contributed by atoms with Gasteiger partial charge in [0.1, 0.15) is 23.9 Å². The van der Waals surface area contributed by atoms with Crippen molar-refractivity contribution in [3.63, 3.8) is 0 Å². The quantitative estimate of drug-likeness (QED) is 0.789. The van der Waals surface area contributed by atoms with Gasteiger partial charge in [-0.25, -0.2) is 4.98 Å². The monoisotopic (exact) mass is 326 g/mol. The summed E-state index contributed by atoms with van der Waals surface area (Å²) in [5.74, 6) is 1.34. The van der Waals surface area contributed by atoms with E-state index in [9.17, 15) is 9.59 Å². The first-order valence-corrected chi connectivity index (χ1v) is 8.08. The van der Waals surface area contributed by atoms with Gasteiger partial charge in [-0.3, -0.25) is 9.59 Å². The predicted molar refractivity (Wildman–Crippen MR) is 88.4 cm³/mol. The van der Waals surface area contributed by atoms with Gasteiger partial charge in [-0.1, -0.05) is 6.07 Å². The van der Waals surface area contributed by atoms with Gasteiger partial charge in [0, 0.05) is 25.1 Å². The van der Waals surface area contributed by atoms with Crippen LogP contribution in [-0.2, 0) is 6.54 Å². The second-order valence-corrected chi connectivity index (χ2v) is 6.08. The van der Waals surface area contributed by atoms with Crippen LogP contribution in [0.25, 0.3) is 0 Å². The van der Waals surface area contributed by atoms with Crippen molar-refractivity contribution in [1.29, 1.82) is 0 Å². The molecule has 0 radical (unpaired) electrons.